The molecular formula is C21H24F2N6O3. The van der Waals surface area contributed by atoms with Crippen LogP contribution >= 0.6 is 0 Å². The molecule has 0 spiro atoms. The van der Waals surface area contributed by atoms with Gasteiger partial charge in [-0.25, -0.2) is 13.5 Å². The minimum absolute atomic E-state index is 0.00836. The lowest BCUT2D eigenvalue weighted by Gasteiger charge is -2.33. The van der Waals surface area contributed by atoms with E-state index in [-0.39, 0.29) is 47.9 Å². The van der Waals surface area contributed by atoms with Gasteiger partial charge < -0.3 is 26.0 Å². The number of aromatic nitrogens is 2. The normalized spacial score (nSPS) is 20.1. The van der Waals surface area contributed by atoms with Crippen molar-refractivity contribution in [3.8, 4) is 5.75 Å². The van der Waals surface area contributed by atoms with Crippen molar-refractivity contribution in [1.82, 2.24) is 14.7 Å². The molecular weight excluding hydrogens is 422 g/mol. The number of carbonyl (C=O) groups excluding carboxylic acids is 2. The van der Waals surface area contributed by atoms with E-state index in [1.165, 1.54) is 10.8 Å². The van der Waals surface area contributed by atoms with Crippen LogP contribution in [0.1, 0.15) is 35.0 Å². The van der Waals surface area contributed by atoms with Crippen molar-refractivity contribution in [3.63, 3.8) is 0 Å². The fourth-order valence-corrected chi connectivity index (χ4v) is 4.33. The number of hydrogen-bond acceptors (Lipinski definition) is 6. The van der Waals surface area contributed by atoms with Crippen molar-refractivity contribution >= 4 is 23.3 Å². The Morgan fingerprint density at radius 3 is 2.75 bits per heavy atom. The smallest absolute Gasteiger partial charge is 0.254 e. The van der Waals surface area contributed by atoms with Crippen molar-refractivity contribution in [2.45, 2.75) is 31.5 Å². The predicted octanol–water partition coefficient (Wildman–Crippen LogP) is 1.59. The number of ether oxygens (including phenoxy) is 1. The van der Waals surface area contributed by atoms with Crippen molar-refractivity contribution in [3.05, 3.63) is 47.7 Å². The number of hydrogen-bond donors (Lipinski definition) is 2. The van der Waals surface area contributed by atoms with E-state index in [2.05, 4.69) is 11.7 Å². The molecule has 2 amide bonds. The number of primary amides is 1. The van der Waals surface area contributed by atoms with Crippen molar-refractivity contribution in [1.29, 1.82) is 0 Å². The van der Waals surface area contributed by atoms with E-state index in [0.717, 1.165) is 25.0 Å². The minimum Gasteiger partial charge on any atom is -0.480 e. The number of likely N-dealkylation sites (tertiary alicyclic amines) is 1. The Morgan fingerprint density at radius 2 is 2.06 bits per heavy atom. The Labute approximate surface area is 183 Å². The zero-order chi connectivity index (χ0) is 23.2. The second-order valence-electron chi connectivity index (χ2n) is 7.94. The first-order valence-electron chi connectivity index (χ1n) is 10.2. The number of rotatable bonds is 5. The number of likely N-dealkylation sites (N-methyl/N-ethyl adjacent to an activating group) is 1. The maximum atomic E-state index is 13.8. The van der Waals surface area contributed by atoms with Crippen LogP contribution < -0.4 is 21.1 Å². The quantitative estimate of drug-likeness (QED) is 0.673. The highest BCUT2D eigenvalue weighted by Crippen LogP contribution is 2.39. The number of halogens is 2. The highest BCUT2D eigenvalue weighted by Gasteiger charge is 2.35. The summed E-state index contributed by atoms with van der Waals surface area (Å²) in [5.74, 6) is -2.82. The number of fused-ring (bicyclic) bond motifs is 1. The van der Waals surface area contributed by atoms with E-state index in [1.54, 1.807) is 16.8 Å². The maximum Gasteiger partial charge on any atom is 0.254 e. The monoisotopic (exact) mass is 446 g/mol. The molecule has 4 rings (SSSR count). The fraction of sp³-hybridized carbons (Fsp3) is 0.381. The number of benzene rings is 1. The maximum absolute atomic E-state index is 13.8. The SMILES string of the molecule is C=CC(=O)N1CCC[C@H]1Cn1nc(C2CN(C)c3cc(F)c(F)cc3O2)c(C(N)=O)c1N. The number of anilines is 2. The summed E-state index contributed by atoms with van der Waals surface area (Å²) in [5, 5.41) is 4.49. The van der Waals surface area contributed by atoms with Crippen molar-refractivity contribution in [2.75, 3.05) is 30.8 Å². The number of nitrogens with zero attached hydrogens (tertiary/aromatic N) is 4. The molecule has 2 aliphatic heterocycles. The van der Waals surface area contributed by atoms with E-state index in [1.807, 2.05) is 0 Å². The highest BCUT2D eigenvalue weighted by atomic mass is 19.2. The standard InChI is InChI=1S/C21H24F2N6O3/c1-3-17(30)28-6-4-5-11(28)9-29-20(24)18(21(25)31)19(26-29)16-10-27(2)14-7-12(22)13(23)8-15(14)32-16/h3,7-8,11,16H,1,4-6,9-10,24H2,2H3,(H2,25,31)/t11-,16?/m0/s1. The zero-order valence-electron chi connectivity index (χ0n) is 17.6. The Bertz CT molecular complexity index is 1100. The highest BCUT2D eigenvalue weighted by molar-refractivity contribution is 5.98. The molecule has 2 aliphatic rings. The molecule has 1 fully saturated rings. The van der Waals surface area contributed by atoms with Gasteiger partial charge in [-0.3, -0.25) is 9.59 Å². The molecule has 0 saturated carbocycles. The van der Waals surface area contributed by atoms with Crippen LogP contribution in [0.2, 0.25) is 0 Å². The van der Waals surface area contributed by atoms with Crippen LogP contribution in [-0.2, 0) is 11.3 Å². The summed E-state index contributed by atoms with van der Waals surface area (Å²) in [6.07, 6.45) is 2.05. The lowest BCUT2D eigenvalue weighted by Crippen LogP contribution is -2.37. The van der Waals surface area contributed by atoms with Gasteiger partial charge in [0, 0.05) is 25.7 Å². The van der Waals surface area contributed by atoms with Gasteiger partial charge in [0.05, 0.1) is 24.8 Å². The Morgan fingerprint density at radius 1 is 1.34 bits per heavy atom. The van der Waals surface area contributed by atoms with Crippen LogP contribution in [0.15, 0.2) is 24.8 Å². The van der Waals surface area contributed by atoms with Crippen LogP contribution in [0.3, 0.4) is 0 Å². The van der Waals surface area contributed by atoms with Gasteiger partial charge in [-0.1, -0.05) is 6.58 Å². The first-order valence-corrected chi connectivity index (χ1v) is 10.2. The third-order valence-corrected chi connectivity index (χ3v) is 5.91. The Hall–Kier alpha value is -3.63. The molecule has 9 nitrogen and oxygen atoms in total. The van der Waals surface area contributed by atoms with Gasteiger partial charge >= 0.3 is 0 Å². The Kier molecular flexibility index (Phi) is 5.49. The average molecular weight is 446 g/mol. The van der Waals surface area contributed by atoms with Gasteiger partial charge in [-0.05, 0) is 18.9 Å². The van der Waals surface area contributed by atoms with Gasteiger partial charge in [-0.2, -0.15) is 5.10 Å². The molecule has 32 heavy (non-hydrogen) atoms. The lowest BCUT2D eigenvalue weighted by molar-refractivity contribution is -0.127. The number of amides is 2. The molecule has 1 aromatic carbocycles. The largest absolute Gasteiger partial charge is 0.480 e. The zero-order valence-corrected chi connectivity index (χ0v) is 17.6. The predicted molar refractivity (Wildman–Crippen MR) is 113 cm³/mol. The molecule has 0 bridgehead atoms. The van der Waals surface area contributed by atoms with E-state index in [4.69, 9.17) is 16.2 Å². The molecule has 0 aliphatic carbocycles. The molecule has 2 aromatic rings. The number of nitrogens with two attached hydrogens (primary N) is 2. The first kappa shape index (κ1) is 21.6. The molecule has 3 heterocycles. The second kappa shape index (κ2) is 8.13. The topological polar surface area (TPSA) is 120 Å². The average Bonchev–Trinajstić information content (AvgIpc) is 3.33. The molecule has 1 saturated heterocycles. The summed E-state index contributed by atoms with van der Waals surface area (Å²) in [5.41, 5.74) is 12.4. The lowest BCUT2D eigenvalue weighted by atomic mass is 10.1. The van der Waals surface area contributed by atoms with Crippen LogP contribution in [0.25, 0.3) is 0 Å². The van der Waals surface area contributed by atoms with E-state index in [9.17, 15) is 18.4 Å². The van der Waals surface area contributed by atoms with Crippen molar-refractivity contribution in [2.24, 2.45) is 5.73 Å². The molecule has 2 atom stereocenters. The minimum atomic E-state index is -1.05. The van der Waals surface area contributed by atoms with E-state index in [0.29, 0.717) is 12.2 Å². The van der Waals surface area contributed by atoms with Gasteiger partial charge in [0.2, 0.25) is 5.91 Å². The van der Waals surface area contributed by atoms with E-state index >= 15 is 0 Å². The summed E-state index contributed by atoms with van der Waals surface area (Å²) >= 11 is 0. The summed E-state index contributed by atoms with van der Waals surface area (Å²) in [6, 6.07) is 1.84. The van der Waals surface area contributed by atoms with Gasteiger partial charge in [-0.15, -0.1) is 0 Å². The van der Waals surface area contributed by atoms with Gasteiger partial charge in [0.25, 0.3) is 5.91 Å². The molecule has 1 aromatic heterocycles. The molecule has 4 N–H and O–H groups in total. The molecule has 1 unspecified atom stereocenters. The Balaban J connectivity index is 1.67. The van der Waals surface area contributed by atoms with Crippen LogP contribution in [-0.4, -0.2) is 52.7 Å². The van der Waals surface area contributed by atoms with Crippen LogP contribution in [0.4, 0.5) is 20.3 Å². The van der Waals surface area contributed by atoms with Crippen LogP contribution in [0, 0.1) is 11.6 Å². The second-order valence-corrected chi connectivity index (χ2v) is 7.94. The summed E-state index contributed by atoms with van der Waals surface area (Å²) < 4.78 is 34.7. The number of carbonyl (C=O) groups is 2. The third-order valence-electron chi connectivity index (χ3n) is 5.91. The van der Waals surface area contributed by atoms with Crippen molar-refractivity contribution < 1.29 is 23.1 Å². The first-order chi connectivity index (χ1) is 15.2. The third kappa shape index (κ3) is 3.63. The number of nitrogen functional groups attached to an aromatic ring is 1. The fourth-order valence-electron chi connectivity index (χ4n) is 4.33. The van der Waals surface area contributed by atoms with Gasteiger partial charge in [0.1, 0.15) is 22.8 Å². The summed E-state index contributed by atoms with van der Waals surface area (Å²) in [7, 11) is 1.69. The molecule has 0 radical (unpaired) electrons. The van der Waals surface area contributed by atoms with Crippen LogP contribution in [0.5, 0.6) is 5.75 Å². The van der Waals surface area contributed by atoms with E-state index < -0.39 is 23.6 Å². The van der Waals surface area contributed by atoms with Gasteiger partial charge in [0.15, 0.2) is 17.7 Å². The summed E-state index contributed by atoms with van der Waals surface area (Å²) in [4.78, 5) is 27.7. The molecule has 170 valence electrons. The molecule has 11 heteroatoms. The summed E-state index contributed by atoms with van der Waals surface area (Å²) in [6.45, 7) is 4.61.